The number of hydrogen-bond acceptors (Lipinski definition) is 5. The number of carbonyl (C=O) groups excluding carboxylic acids is 1. The average molecular weight is 247 g/mol. The molecule has 0 spiro atoms. The van der Waals surface area contributed by atoms with Crippen molar-refractivity contribution in [3.63, 3.8) is 0 Å². The maximum Gasteiger partial charge on any atom is 0.338 e. The molecule has 0 fully saturated rings. The topological polar surface area (TPSA) is 78.1 Å². The number of rotatable bonds is 3. The maximum absolute atomic E-state index is 13.0. The van der Waals surface area contributed by atoms with E-state index in [1.54, 1.807) is 6.07 Å². The highest BCUT2D eigenvalue weighted by molar-refractivity contribution is 5.90. The van der Waals surface area contributed by atoms with E-state index in [2.05, 4.69) is 9.97 Å². The van der Waals surface area contributed by atoms with Crippen molar-refractivity contribution in [3.8, 4) is 0 Å². The Morgan fingerprint density at radius 3 is 2.67 bits per heavy atom. The van der Waals surface area contributed by atoms with Gasteiger partial charge in [0.1, 0.15) is 5.82 Å². The summed E-state index contributed by atoms with van der Waals surface area (Å²) in [4.78, 5) is 19.4. The summed E-state index contributed by atoms with van der Waals surface area (Å²) in [5.41, 5.74) is 5.66. The second-order valence-electron chi connectivity index (χ2n) is 3.51. The van der Waals surface area contributed by atoms with E-state index in [0.717, 1.165) is 12.1 Å². The Morgan fingerprint density at radius 2 is 2.00 bits per heavy atom. The first kappa shape index (κ1) is 12.0. The molecular formula is C12H10FN3O2. The summed E-state index contributed by atoms with van der Waals surface area (Å²) in [5, 5.41) is 0. The van der Waals surface area contributed by atoms with Crippen LogP contribution in [0.2, 0.25) is 0 Å². The molecule has 1 heterocycles. The smallest absolute Gasteiger partial charge is 0.338 e. The van der Waals surface area contributed by atoms with Gasteiger partial charge in [-0.05, 0) is 24.3 Å². The van der Waals surface area contributed by atoms with Gasteiger partial charge in [-0.2, -0.15) is 0 Å². The largest absolute Gasteiger partial charge is 0.454 e. The molecule has 2 N–H and O–H groups in total. The SMILES string of the molecule is Nc1cc(F)cc(C(=O)OCc2ncccn2)c1. The van der Waals surface area contributed by atoms with E-state index in [1.807, 2.05) is 0 Å². The molecule has 0 bridgehead atoms. The molecule has 2 rings (SSSR count). The third-order valence-corrected chi connectivity index (χ3v) is 2.11. The van der Waals surface area contributed by atoms with Crippen LogP contribution in [0.15, 0.2) is 36.7 Å². The van der Waals surface area contributed by atoms with Crippen molar-refractivity contribution >= 4 is 11.7 Å². The highest BCUT2D eigenvalue weighted by Crippen LogP contribution is 2.12. The number of anilines is 1. The molecule has 6 heteroatoms. The lowest BCUT2D eigenvalue weighted by Crippen LogP contribution is -2.08. The van der Waals surface area contributed by atoms with Gasteiger partial charge in [0, 0.05) is 18.1 Å². The van der Waals surface area contributed by atoms with Crippen LogP contribution >= 0.6 is 0 Å². The fourth-order valence-electron chi connectivity index (χ4n) is 1.35. The molecule has 0 saturated carbocycles. The zero-order chi connectivity index (χ0) is 13.0. The molecule has 1 aromatic carbocycles. The van der Waals surface area contributed by atoms with Crippen LogP contribution in [-0.2, 0) is 11.3 Å². The zero-order valence-corrected chi connectivity index (χ0v) is 9.34. The lowest BCUT2D eigenvalue weighted by Gasteiger charge is -2.04. The van der Waals surface area contributed by atoms with Gasteiger partial charge in [0.2, 0.25) is 0 Å². The van der Waals surface area contributed by atoms with Crippen molar-refractivity contribution < 1.29 is 13.9 Å². The minimum absolute atomic E-state index is 0.0587. The summed E-state index contributed by atoms with van der Waals surface area (Å²) in [6.45, 7) is -0.0733. The highest BCUT2D eigenvalue weighted by atomic mass is 19.1. The Labute approximate surface area is 102 Å². The number of hydrogen-bond donors (Lipinski definition) is 1. The molecule has 0 aliphatic carbocycles. The predicted molar refractivity (Wildman–Crippen MR) is 62.0 cm³/mol. The van der Waals surface area contributed by atoms with Crippen molar-refractivity contribution in [1.29, 1.82) is 0 Å². The molecule has 2 aromatic rings. The van der Waals surface area contributed by atoms with Gasteiger partial charge in [-0.15, -0.1) is 0 Å². The monoisotopic (exact) mass is 247 g/mol. The molecule has 0 atom stereocenters. The molecule has 0 unspecified atom stereocenters. The van der Waals surface area contributed by atoms with Gasteiger partial charge in [-0.25, -0.2) is 19.2 Å². The number of carbonyl (C=O) groups is 1. The van der Waals surface area contributed by atoms with Crippen LogP contribution in [-0.4, -0.2) is 15.9 Å². The lowest BCUT2D eigenvalue weighted by atomic mass is 10.2. The van der Waals surface area contributed by atoms with Crippen molar-refractivity contribution in [3.05, 3.63) is 53.9 Å². The third kappa shape index (κ3) is 3.00. The normalized spacial score (nSPS) is 10.1. The second-order valence-corrected chi connectivity index (χ2v) is 3.51. The minimum atomic E-state index is -0.673. The number of ether oxygens (including phenoxy) is 1. The Morgan fingerprint density at radius 1 is 1.28 bits per heavy atom. The van der Waals surface area contributed by atoms with Crippen molar-refractivity contribution in [2.75, 3.05) is 5.73 Å². The van der Waals surface area contributed by atoms with Crippen LogP contribution in [0.1, 0.15) is 16.2 Å². The fourth-order valence-corrected chi connectivity index (χ4v) is 1.35. The number of aromatic nitrogens is 2. The Balaban J connectivity index is 2.04. The molecule has 92 valence electrons. The van der Waals surface area contributed by atoms with Crippen LogP contribution < -0.4 is 5.73 Å². The number of nitrogens with two attached hydrogens (primary N) is 1. The average Bonchev–Trinajstić information content (AvgIpc) is 2.36. The van der Waals surface area contributed by atoms with Crippen LogP contribution in [0.5, 0.6) is 0 Å². The molecule has 0 amide bonds. The van der Waals surface area contributed by atoms with Crippen LogP contribution in [0.25, 0.3) is 0 Å². The summed E-state index contributed by atoms with van der Waals surface area (Å²) < 4.78 is 18.0. The first-order valence-corrected chi connectivity index (χ1v) is 5.14. The molecule has 0 aliphatic heterocycles. The molecule has 0 aliphatic rings. The predicted octanol–water partition coefficient (Wildman–Crippen LogP) is 1.55. The molecule has 0 radical (unpaired) electrons. The molecule has 18 heavy (non-hydrogen) atoms. The third-order valence-electron chi connectivity index (χ3n) is 2.11. The first-order valence-electron chi connectivity index (χ1n) is 5.14. The number of halogens is 1. The Bertz CT molecular complexity index is 540. The summed E-state index contributed by atoms with van der Waals surface area (Å²) in [7, 11) is 0. The number of esters is 1. The van der Waals surface area contributed by atoms with E-state index >= 15 is 0 Å². The highest BCUT2D eigenvalue weighted by Gasteiger charge is 2.10. The fraction of sp³-hybridized carbons (Fsp3) is 0.0833. The van der Waals surface area contributed by atoms with E-state index in [0.29, 0.717) is 5.82 Å². The van der Waals surface area contributed by atoms with Gasteiger partial charge in [-0.3, -0.25) is 0 Å². The van der Waals surface area contributed by atoms with Gasteiger partial charge >= 0.3 is 5.97 Å². The zero-order valence-electron chi connectivity index (χ0n) is 9.34. The van der Waals surface area contributed by atoms with Gasteiger partial charge in [-0.1, -0.05) is 0 Å². The molecule has 1 aromatic heterocycles. The number of nitrogens with zero attached hydrogens (tertiary/aromatic N) is 2. The van der Waals surface area contributed by atoms with E-state index in [-0.39, 0.29) is 17.9 Å². The van der Waals surface area contributed by atoms with Crippen LogP contribution in [0.4, 0.5) is 10.1 Å². The molecular weight excluding hydrogens is 237 g/mol. The van der Waals surface area contributed by atoms with Gasteiger partial charge < -0.3 is 10.5 Å². The van der Waals surface area contributed by atoms with E-state index in [1.165, 1.54) is 18.5 Å². The van der Waals surface area contributed by atoms with Gasteiger partial charge in [0.15, 0.2) is 12.4 Å². The van der Waals surface area contributed by atoms with Crippen molar-refractivity contribution in [1.82, 2.24) is 9.97 Å². The summed E-state index contributed by atoms with van der Waals surface area (Å²) in [6.07, 6.45) is 3.08. The number of nitrogen functional groups attached to an aromatic ring is 1. The Hall–Kier alpha value is -2.50. The van der Waals surface area contributed by atoms with E-state index in [9.17, 15) is 9.18 Å². The summed E-state index contributed by atoms with van der Waals surface area (Å²) in [5.74, 6) is -0.887. The first-order chi connectivity index (χ1) is 8.65. The quantitative estimate of drug-likeness (QED) is 0.657. The summed E-state index contributed by atoms with van der Waals surface area (Å²) >= 11 is 0. The summed E-state index contributed by atoms with van der Waals surface area (Å²) in [6, 6.07) is 5.18. The van der Waals surface area contributed by atoms with E-state index in [4.69, 9.17) is 10.5 Å². The van der Waals surface area contributed by atoms with E-state index < -0.39 is 11.8 Å². The van der Waals surface area contributed by atoms with Crippen molar-refractivity contribution in [2.45, 2.75) is 6.61 Å². The minimum Gasteiger partial charge on any atom is -0.454 e. The Kier molecular flexibility index (Phi) is 3.47. The second kappa shape index (κ2) is 5.22. The lowest BCUT2D eigenvalue weighted by molar-refractivity contribution is 0.0461. The van der Waals surface area contributed by atoms with Crippen LogP contribution in [0, 0.1) is 5.82 Å². The molecule has 0 saturated heterocycles. The molecule has 5 nitrogen and oxygen atoms in total. The standard InChI is InChI=1S/C12H10FN3O2/c13-9-4-8(5-10(14)6-9)12(17)18-7-11-15-2-1-3-16-11/h1-6H,7,14H2. The van der Waals surface area contributed by atoms with Gasteiger partial charge in [0.25, 0.3) is 0 Å². The maximum atomic E-state index is 13.0. The van der Waals surface area contributed by atoms with Crippen molar-refractivity contribution in [2.24, 2.45) is 0 Å². The number of benzene rings is 1. The van der Waals surface area contributed by atoms with Gasteiger partial charge in [0.05, 0.1) is 5.56 Å². The van der Waals surface area contributed by atoms with Crippen LogP contribution in [0.3, 0.4) is 0 Å².